The highest BCUT2D eigenvalue weighted by atomic mass is 16.5. The molecule has 3 rings (SSSR count). The number of aromatic nitrogens is 3. The molecule has 0 aromatic carbocycles. The standard InChI is InChI=1S/C15H20N4O2/c1-18-9-4-3-6-11(18)10-13-16-14-8-5-7-12(15(20)21-2)19(14)17-13/h5,7-8,11H,3-4,6,9-10H2,1-2H3. The number of ether oxygens (including phenoxy) is 1. The van der Waals surface area contributed by atoms with E-state index in [4.69, 9.17) is 4.74 Å². The van der Waals surface area contributed by atoms with Gasteiger partial charge in [0.1, 0.15) is 0 Å². The monoisotopic (exact) mass is 288 g/mol. The van der Waals surface area contributed by atoms with E-state index in [-0.39, 0.29) is 0 Å². The first-order valence-corrected chi connectivity index (χ1v) is 7.32. The Morgan fingerprint density at radius 2 is 2.29 bits per heavy atom. The van der Waals surface area contributed by atoms with E-state index in [1.807, 2.05) is 6.07 Å². The van der Waals surface area contributed by atoms with Crippen LogP contribution in [0.25, 0.3) is 5.65 Å². The van der Waals surface area contributed by atoms with Crippen LogP contribution in [-0.4, -0.2) is 52.2 Å². The summed E-state index contributed by atoms with van der Waals surface area (Å²) in [5.74, 6) is 0.386. The van der Waals surface area contributed by atoms with Gasteiger partial charge in [-0.25, -0.2) is 14.3 Å². The Labute approximate surface area is 123 Å². The summed E-state index contributed by atoms with van der Waals surface area (Å²) in [5, 5.41) is 4.49. The number of carbonyl (C=O) groups excluding carboxylic acids is 1. The molecule has 0 N–H and O–H groups in total. The van der Waals surface area contributed by atoms with E-state index in [9.17, 15) is 4.79 Å². The highest BCUT2D eigenvalue weighted by molar-refractivity contribution is 5.88. The Hall–Kier alpha value is -1.95. The number of hydrogen-bond donors (Lipinski definition) is 0. The third-order valence-electron chi connectivity index (χ3n) is 4.14. The lowest BCUT2D eigenvalue weighted by Gasteiger charge is -2.31. The molecule has 0 amide bonds. The molecule has 112 valence electrons. The molecule has 1 aliphatic rings. The van der Waals surface area contributed by atoms with Crippen LogP contribution in [0.15, 0.2) is 18.2 Å². The molecule has 3 heterocycles. The van der Waals surface area contributed by atoms with E-state index in [1.165, 1.54) is 26.4 Å². The van der Waals surface area contributed by atoms with Gasteiger partial charge < -0.3 is 9.64 Å². The molecule has 1 aliphatic heterocycles. The molecular weight excluding hydrogens is 268 g/mol. The number of methoxy groups -OCH3 is 1. The minimum Gasteiger partial charge on any atom is -0.464 e. The van der Waals surface area contributed by atoms with Crippen molar-refractivity contribution in [2.75, 3.05) is 20.7 Å². The van der Waals surface area contributed by atoms with Crippen LogP contribution in [0, 0.1) is 0 Å². The number of fused-ring (bicyclic) bond motifs is 1. The van der Waals surface area contributed by atoms with Gasteiger partial charge in [0.25, 0.3) is 0 Å². The average molecular weight is 288 g/mol. The topological polar surface area (TPSA) is 59.7 Å². The summed E-state index contributed by atoms with van der Waals surface area (Å²) >= 11 is 0. The lowest BCUT2D eigenvalue weighted by Crippen LogP contribution is -2.37. The van der Waals surface area contributed by atoms with Crippen LogP contribution in [0.4, 0.5) is 0 Å². The molecule has 1 unspecified atom stereocenters. The van der Waals surface area contributed by atoms with Gasteiger partial charge in [0, 0.05) is 12.5 Å². The fourth-order valence-electron chi connectivity index (χ4n) is 2.91. The van der Waals surface area contributed by atoms with Gasteiger partial charge in [0.2, 0.25) is 0 Å². The Bertz CT molecular complexity index is 652. The van der Waals surface area contributed by atoms with Crippen molar-refractivity contribution in [1.29, 1.82) is 0 Å². The zero-order valence-electron chi connectivity index (χ0n) is 12.5. The average Bonchev–Trinajstić information content (AvgIpc) is 2.91. The molecule has 0 radical (unpaired) electrons. The molecule has 0 bridgehead atoms. The Morgan fingerprint density at radius 1 is 1.43 bits per heavy atom. The summed E-state index contributed by atoms with van der Waals surface area (Å²) in [6, 6.07) is 5.84. The van der Waals surface area contributed by atoms with Crippen molar-refractivity contribution in [2.24, 2.45) is 0 Å². The van der Waals surface area contributed by atoms with Crippen molar-refractivity contribution in [3.8, 4) is 0 Å². The molecule has 2 aromatic heterocycles. The second kappa shape index (κ2) is 5.81. The minimum atomic E-state index is -0.396. The summed E-state index contributed by atoms with van der Waals surface area (Å²) in [6.07, 6.45) is 4.52. The molecule has 21 heavy (non-hydrogen) atoms. The SMILES string of the molecule is COC(=O)c1cccc2nc(CC3CCCCN3C)nn12. The first-order chi connectivity index (χ1) is 10.2. The van der Waals surface area contributed by atoms with Gasteiger partial charge in [-0.2, -0.15) is 5.10 Å². The third-order valence-corrected chi connectivity index (χ3v) is 4.14. The van der Waals surface area contributed by atoms with Crippen LogP contribution in [-0.2, 0) is 11.2 Å². The molecule has 1 atom stereocenters. The lowest BCUT2D eigenvalue weighted by atomic mass is 10.00. The number of esters is 1. The molecule has 6 heteroatoms. The molecule has 6 nitrogen and oxygen atoms in total. The fourth-order valence-corrected chi connectivity index (χ4v) is 2.91. The van der Waals surface area contributed by atoms with Crippen molar-refractivity contribution < 1.29 is 9.53 Å². The lowest BCUT2D eigenvalue weighted by molar-refractivity contribution is 0.0591. The predicted molar refractivity (Wildman–Crippen MR) is 78.3 cm³/mol. The van der Waals surface area contributed by atoms with Crippen LogP contribution in [0.1, 0.15) is 35.6 Å². The number of nitrogens with zero attached hydrogens (tertiary/aromatic N) is 4. The van der Waals surface area contributed by atoms with E-state index in [2.05, 4.69) is 22.0 Å². The van der Waals surface area contributed by atoms with E-state index < -0.39 is 5.97 Å². The number of piperidine rings is 1. The van der Waals surface area contributed by atoms with Gasteiger partial charge in [0.15, 0.2) is 17.2 Å². The van der Waals surface area contributed by atoms with E-state index >= 15 is 0 Å². The van der Waals surface area contributed by atoms with Gasteiger partial charge in [-0.3, -0.25) is 0 Å². The molecule has 1 saturated heterocycles. The quantitative estimate of drug-likeness (QED) is 0.802. The summed E-state index contributed by atoms with van der Waals surface area (Å²) < 4.78 is 6.36. The van der Waals surface area contributed by atoms with E-state index in [0.717, 1.165) is 18.8 Å². The maximum atomic E-state index is 11.8. The van der Waals surface area contributed by atoms with Crippen molar-refractivity contribution in [1.82, 2.24) is 19.5 Å². The number of pyridine rings is 1. The maximum absolute atomic E-state index is 11.8. The smallest absolute Gasteiger partial charge is 0.356 e. The molecule has 2 aromatic rings. The number of carbonyl (C=O) groups is 1. The van der Waals surface area contributed by atoms with Crippen LogP contribution in [0.5, 0.6) is 0 Å². The zero-order valence-corrected chi connectivity index (χ0v) is 12.5. The van der Waals surface area contributed by atoms with Crippen molar-refractivity contribution in [3.63, 3.8) is 0 Å². The molecular formula is C15H20N4O2. The number of likely N-dealkylation sites (tertiary alicyclic amines) is 1. The van der Waals surface area contributed by atoms with Crippen molar-refractivity contribution in [3.05, 3.63) is 29.7 Å². The minimum absolute atomic E-state index is 0.396. The first kappa shape index (κ1) is 14.0. The summed E-state index contributed by atoms with van der Waals surface area (Å²) in [4.78, 5) is 18.7. The number of likely N-dealkylation sites (N-methyl/N-ethyl adjacent to an activating group) is 1. The predicted octanol–water partition coefficient (Wildman–Crippen LogP) is 1.54. The molecule has 0 saturated carbocycles. The number of rotatable bonds is 3. The zero-order chi connectivity index (χ0) is 14.8. The summed E-state index contributed by atoms with van der Waals surface area (Å²) in [7, 11) is 3.52. The molecule has 0 spiro atoms. The van der Waals surface area contributed by atoms with Gasteiger partial charge >= 0.3 is 5.97 Å². The van der Waals surface area contributed by atoms with Crippen molar-refractivity contribution in [2.45, 2.75) is 31.7 Å². The summed E-state index contributed by atoms with van der Waals surface area (Å²) in [6.45, 7) is 1.13. The van der Waals surface area contributed by atoms with E-state index in [0.29, 0.717) is 17.4 Å². The maximum Gasteiger partial charge on any atom is 0.356 e. The first-order valence-electron chi connectivity index (χ1n) is 7.32. The van der Waals surface area contributed by atoms with Crippen LogP contribution in [0.2, 0.25) is 0 Å². The third kappa shape index (κ3) is 2.76. The van der Waals surface area contributed by atoms with Gasteiger partial charge in [-0.05, 0) is 38.6 Å². The second-order valence-corrected chi connectivity index (χ2v) is 5.53. The van der Waals surface area contributed by atoms with Crippen LogP contribution >= 0.6 is 0 Å². The Balaban J connectivity index is 1.88. The van der Waals surface area contributed by atoms with Crippen LogP contribution in [0.3, 0.4) is 0 Å². The fraction of sp³-hybridized carbons (Fsp3) is 0.533. The van der Waals surface area contributed by atoms with Crippen molar-refractivity contribution >= 4 is 11.6 Å². The van der Waals surface area contributed by atoms with Gasteiger partial charge in [-0.15, -0.1) is 0 Å². The van der Waals surface area contributed by atoms with Crippen LogP contribution < -0.4 is 0 Å². The van der Waals surface area contributed by atoms with Gasteiger partial charge in [-0.1, -0.05) is 12.5 Å². The Kier molecular flexibility index (Phi) is 3.88. The van der Waals surface area contributed by atoms with Gasteiger partial charge in [0.05, 0.1) is 7.11 Å². The molecule has 1 fully saturated rings. The highest BCUT2D eigenvalue weighted by Gasteiger charge is 2.21. The second-order valence-electron chi connectivity index (χ2n) is 5.53. The Morgan fingerprint density at radius 3 is 3.05 bits per heavy atom. The normalized spacial score (nSPS) is 19.8. The molecule has 0 aliphatic carbocycles. The highest BCUT2D eigenvalue weighted by Crippen LogP contribution is 2.18. The summed E-state index contributed by atoms with van der Waals surface area (Å²) in [5.41, 5.74) is 1.09. The number of hydrogen-bond acceptors (Lipinski definition) is 5. The van der Waals surface area contributed by atoms with E-state index in [1.54, 1.807) is 16.6 Å². The largest absolute Gasteiger partial charge is 0.464 e.